The number of H-pyrrole nitrogens is 1. The predicted molar refractivity (Wildman–Crippen MR) is 57.2 cm³/mol. The number of aliphatic imine (C=N–C) groups is 1. The number of carbonyl (C=O) groups excluding carboxylic acids is 1. The van der Waals surface area contributed by atoms with Gasteiger partial charge in [-0.3, -0.25) is 0 Å². The van der Waals surface area contributed by atoms with E-state index in [2.05, 4.69) is 9.98 Å². The van der Waals surface area contributed by atoms with E-state index >= 15 is 0 Å². The van der Waals surface area contributed by atoms with Gasteiger partial charge in [-0.05, 0) is 25.0 Å². The minimum Gasteiger partial charge on any atom is -0.359 e. The van der Waals surface area contributed by atoms with Gasteiger partial charge in [0.1, 0.15) is 11.4 Å². The summed E-state index contributed by atoms with van der Waals surface area (Å²) < 4.78 is 28.0. The van der Waals surface area contributed by atoms with Crippen molar-refractivity contribution in [3.8, 4) is 0 Å². The molecule has 0 bridgehead atoms. The van der Waals surface area contributed by atoms with Gasteiger partial charge in [0.25, 0.3) is 0 Å². The topological polar surface area (TPSA) is 45.2 Å². The van der Waals surface area contributed by atoms with E-state index in [0.717, 1.165) is 0 Å². The standard InChI is InChI=1S/C12H8F2N2O/c13-8-5-7-1-4-15-11(7)10(14)9(8)12(2-3-12)16-6-17/h1,4-5,15H,2-3H2. The second-order valence-electron chi connectivity index (χ2n) is 4.22. The van der Waals surface area contributed by atoms with Gasteiger partial charge in [-0.2, -0.15) is 4.99 Å². The van der Waals surface area contributed by atoms with Gasteiger partial charge in [-0.15, -0.1) is 0 Å². The van der Waals surface area contributed by atoms with Crippen LogP contribution in [0.4, 0.5) is 8.78 Å². The zero-order valence-electron chi connectivity index (χ0n) is 8.76. The quantitative estimate of drug-likeness (QED) is 0.630. The summed E-state index contributed by atoms with van der Waals surface area (Å²) in [7, 11) is 0. The van der Waals surface area contributed by atoms with Crippen LogP contribution in [0.15, 0.2) is 23.3 Å². The van der Waals surface area contributed by atoms with Gasteiger partial charge in [0, 0.05) is 11.6 Å². The Morgan fingerprint density at radius 3 is 2.82 bits per heavy atom. The van der Waals surface area contributed by atoms with Gasteiger partial charge < -0.3 is 4.98 Å². The number of aromatic nitrogens is 1. The third-order valence-corrected chi connectivity index (χ3v) is 3.19. The molecule has 86 valence electrons. The molecule has 3 rings (SSSR count). The molecule has 0 atom stereocenters. The average Bonchev–Trinajstić information content (AvgIpc) is 2.89. The fourth-order valence-corrected chi connectivity index (χ4v) is 2.18. The molecule has 0 saturated heterocycles. The van der Waals surface area contributed by atoms with E-state index in [1.807, 2.05) is 0 Å². The molecule has 1 heterocycles. The Balaban J connectivity index is 2.32. The molecule has 0 spiro atoms. The molecule has 0 aliphatic heterocycles. The van der Waals surface area contributed by atoms with Crippen molar-refractivity contribution in [2.24, 2.45) is 4.99 Å². The highest BCUT2D eigenvalue weighted by atomic mass is 19.1. The Labute approximate surface area is 95.2 Å². The molecule has 1 aromatic heterocycles. The second-order valence-corrected chi connectivity index (χ2v) is 4.22. The van der Waals surface area contributed by atoms with Crippen LogP contribution in [-0.4, -0.2) is 11.1 Å². The van der Waals surface area contributed by atoms with Crippen LogP contribution in [-0.2, 0) is 10.3 Å². The van der Waals surface area contributed by atoms with Crippen LogP contribution in [0.25, 0.3) is 10.9 Å². The lowest BCUT2D eigenvalue weighted by Crippen LogP contribution is -2.09. The molecular formula is C12H8F2N2O. The van der Waals surface area contributed by atoms with Crippen LogP contribution in [0.1, 0.15) is 18.4 Å². The van der Waals surface area contributed by atoms with Crippen LogP contribution < -0.4 is 0 Å². The van der Waals surface area contributed by atoms with Gasteiger partial charge in [0.15, 0.2) is 5.82 Å². The summed E-state index contributed by atoms with van der Waals surface area (Å²) in [5, 5.41) is 0.467. The van der Waals surface area contributed by atoms with Crippen molar-refractivity contribution in [1.29, 1.82) is 0 Å². The highest BCUT2D eigenvalue weighted by molar-refractivity contribution is 5.81. The number of benzene rings is 1. The molecule has 5 heteroatoms. The first kappa shape index (κ1) is 10.2. The lowest BCUT2D eigenvalue weighted by atomic mass is 10.0. The van der Waals surface area contributed by atoms with Crippen LogP contribution in [0.3, 0.4) is 0 Å². The minimum atomic E-state index is -1.03. The van der Waals surface area contributed by atoms with E-state index in [9.17, 15) is 13.6 Å². The van der Waals surface area contributed by atoms with Gasteiger partial charge in [0.05, 0.1) is 11.1 Å². The Hall–Kier alpha value is -2.00. The van der Waals surface area contributed by atoms with Crippen molar-refractivity contribution >= 4 is 17.0 Å². The highest BCUT2D eigenvalue weighted by Crippen LogP contribution is 2.51. The fourth-order valence-electron chi connectivity index (χ4n) is 2.18. The lowest BCUT2D eigenvalue weighted by Gasteiger charge is -2.11. The SMILES string of the molecule is O=C=NC1(c2c(F)cc3cc[nH]c3c2F)CC1. The molecule has 1 fully saturated rings. The smallest absolute Gasteiger partial charge is 0.235 e. The van der Waals surface area contributed by atoms with Gasteiger partial charge in [-0.1, -0.05) is 0 Å². The molecular weight excluding hydrogens is 226 g/mol. The summed E-state index contributed by atoms with van der Waals surface area (Å²) in [5.74, 6) is -1.33. The molecule has 17 heavy (non-hydrogen) atoms. The Bertz CT molecular complexity index is 652. The highest BCUT2D eigenvalue weighted by Gasteiger charge is 2.49. The van der Waals surface area contributed by atoms with E-state index in [1.54, 1.807) is 12.3 Å². The third kappa shape index (κ3) is 1.33. The number of fused-ring (bicyclic) bond motifs is 1. The van der Waals surface area contributed by atoms with Crippen LogP contribution in [0, 0.1) is 11.6 Å². The Morgan fingerprint density at radius 1 is 1.41 bits per heavy atom. The molecule has 1 N–H and O–H groups in total. The molecule has 2 aromatic rings. The maximum atomic E-state index is 14.2. The summed E-state index contributed by atoms with van der Waals surface area (Å²) in [6, 6.07) is 2.85. The number of nitrogens with one attached hydrogen (secondary N) is 1. The van der Waals surface area contributed by atoms with Crippen LogP contribution in [0.5, 0.6) is 0 Å². The maximum Gasteiger partial charge on any atom is 0.235 e. The van der Waals surface area contributed by atoms with Crippen molar-refractivity contribution in [3.63, 3.8) is 0 Å². The fraction of sp³-hybridized carbons (Fsp3) is 0.250. The van der Waals surface area contributed by atoms with E-state index in [1.165, 1.54) is 12.1 Å². The van der Waals surface area contributed by atoms with Gasteiger partial charge >= 0.3 is 0 Å². The van der Waals surface area contributed by atoms with Crippen LogP contribution >= 0.6 is 0 Å². The first-order valence-electron chi connectivity index (χ1n) is 5.22. The minimum absolute atomic E-state index is 0.129. The van der Waals surface area contributed by atoms with E-state index in [4.69, 9.17) is 0 Å². The van der Waals surface area contributed by atoms with E-state index in [0.29, 0.717) is 18.2 Å². The first-order chi connectivity index (χ1) is 8.18. The van der Waals surface area contributed by atoms with E-state index in [-0.39, 0.29) is 11.1 Å². The number of aromatic amines is 1. The number of rotatable bonds is 2. The predicted octanol–water partition coefficient (Wildman–Crippen LogP) is 2.77. The summed E-state index contributed by atoms with van der Waals surface area (Å²) >= 11 is 0. The molecule has 0 amide bonds. The molecule has 1 aliphatic rings. The van der Waals surface area contributed by atoms with Crippen molar-refractivity contribution in [3.05, 3.63) is 35.5 Å². The summed E-state index contributed by atoms with van der Waals surface area (Å²) in [6.45, 7) is 0. The van der Waals surface area contributed by atoms with Crippen molar-refractivity contribution in [2.75, 3.05) is 0 Å². The molecule has 1 aliphatic carbocycles. The van der Waals surface area contributed by atoms with Crippen LogP contribution in [0.2, 0.25) is 0 Å². The normalized spacial score (nSPS) is 16.8. The Morgan fingerprint density at radius 2 is 2.18 bits per heavy atom. The molecule has 0 unspecified atom stereocenters. The number of halogens is 2. The molecule has 0 radical (unpaired) electrons. The van der Waals surface area contributed by atoms with Crippen molar-refractivity contribution in [1.82, 2.24) is 4.98 Å². The van der Waals surface area contributed by atoms with Gasteiger partial charge in [0.2, 0.25) is 6.08 Å². The maximum absolute atomic E-state index is 14.2. The molecule has 1 saturated carbocycles. The second kappa shape index (κ2) is 3.25. The third-order valence-electron chi connectivity index (χ3n) is 3.19. The summed E-state index contributed by atoms with van der Waals surface area (Å²) in [4.78, 5) is 16.6. The van der Waals surface area contributed by atoms with Crippen molar-refractivity contribution in [2.45, 2.75) is 18.4 Å². The number of nitrogens with zero attached hydrogens (tertiary/aromatic N) is 1. The number of isocyanates is 1. The summed E-state index contributed by atoms with van der Waals surface area (Å²) in [6.07, 6.45) is 3.89. The lowest BCUT2D eigenvalue weighted by molar-refractivity contribution is 0.520. The summed E-state index contributed by atoms with van der Waals surface area (Å²) in [5.41, 5.74) is -0.917. The largest absolute Gasteiger partial charge is 0.359 e. The molecule has 1 aromatic carbocycles. The zero-order valence-corrected chi connectivity index (χ0v) is 8.76. The molecule has 3 nitrogen and oxygen atoms in total. The monoisotopic (exact) mass is 234 g/mol. The zero-order chi connectivity index (χ0) is 12.0. The first-order valence-corrected chi connectivity index (χ1v) is 5.22. The average molecular weight is 234 g/mol. The number of hydrogen-bond donors (Lipinski definition) is 1. The van der Waals surface area contributed by atoms with E-state index < -0.39 is 17.2 Å². The van der Waals surface area contributed by atoms with Crippen molar-refractivity contribution < 1.29 is 13.6 Å². The van der Waals surface area contributed by atoms with Gasteiger partial charge in [-0.25, -0.2) is 13.6 Å². The number of hydrogen-bond acceptors (Lipinski definition) is 2. The Kier molecular flexibility index (Phi) is 1.94.